The van der Waals surface area contributed by atoms with E-state index in [0.29, 0.717) is 18.8 Å². The molecule has 2 atom stereocenters. The first kappa shape index (κ1) is 15.3. The number of hydrogen-bond donors (Lipinski definition) is 3. The molecule has 2 aliphatic rings. The van der Waals surface area contributed by atoms with Crippen molar-refractivity contribution >= 4 is 11.9 Å². The summed E-state index contributed by atoms with van der Waals surface area (Å²) >= 11 is 0. The maximum absolute atomic E-state index is 12.2. The Balaban J connectivity index is 2.01. The van der Waals surface area contributed by atoms with Gasteiger partial charge in [-0.25, -0.2) is 4.79 Å². The van der Waals surface area contributed by atoms with E-state index < -0.39 is 17.0 Å². The van der Waals surface area contributed by atoms with Crippen molar-refractivity contribution in [3.63, 3.8) is 0 Å². The van der Waals surface area contributed by atoms with Gasteiger partial charge in [-0.2, -0.15) is 0 Å². The second-order valence-corrected chi connectivity index (χ2v) is 6.88. The first-order valence-electron chi connectivity index (χ1n) is 7.69. The lowest BCUT2D eigenvalue weighted by Gasteiger charge is -2.37. The average Bonchev–Trinajstić information content (AvgIpc) is 2.75. The van der Waals surface area contributed by atoms with Crippen LogP contribution in [0, 0.1) is 5.92 Å². The number of carbonyl (C=O) groups is 2. The topological polar surface area (TPSA) is 92.4 Å². The Labute approximate surface area is 120 Å². The van der Waals surface area contributed by atoms with E-state index in [0.717, 1.165) is 38.5 Å². The molecule has 114 valence electrons. The molecule has 4 N–H and O–H groups in total. The van der Waals surface area contributed by atoms with E-state index in [-0.39, 0.29) is 12.3 Å². The number of nitrogens with two attached hydrogens (primary N) is 1. The minimum Gasteiger partial charge on any atom is -0.480 e. The average molecular weight is 282 g/mol. The van der Waals surface area contributed by atoms with E-state index in [1.54, 1.807) is 0 Å². The van der Waals surface area contributed by atoms with Gasteiger partial charge in [0.2, 0.25) is 5.91 Å². The van der Waals surface area contributed by atoms with Crippen molar-refractivity contribution in [1.29, 1.82) is 0 Å². The third-order valence-electron chi connectivity index (χ3n) is 4.90. The third kappa shape index (κ3) is 3.32. The van der Waals surface area contributed by atoms with Gasteiger partial charge < -0.3 is 16.2 Å². The SMILES string of the molecule is CC1CCCC(NC(=O)CC2(N)CCCC2)(C(=O)O)C1. The van der Waals surface area contributed by atoms with Crippen molar-refractivity contribution < 1.29 is 14.7 Å². The van der Waals surface area contributed by atoms with Crippen molar-refractivity contribution in [3.05, 3.63) is 0 Å². The van der Waals surface area contributed by atoms with Gasteiger partial charge in [0.25, 0.3) is 0 Å². The Morgan fingerprint density at radius 1 is 1.25 bits per heavy atom. The Kier molecular flexibility index (Phi) is 4.37. The maximum Gasteiger partial charge on any atom is 0.329 e. The molecule has 0 saturated heterocycles. The van der Waals surface area contributed by atoms with Gasteiger partial charge in [0.05, 0.1) is 0 Å². The van der Waals surface area contributed by atoms with Gasteiger partial charge >= 0.3 is 5.97 Å². The molecule has 0 aliphatic heterocycles. The fourth-order valence-electron chi connectivity index (χ4n) is 3.80. The van der Waals surface area contributed by atoms with Crippen molar-refractivity contribution in [2.45, 2.75) is 75.8 Å². The van der Waals surface area contributed by atoms with Crippen LogP contribution in [0.2, 0.25) is 0 Å². The van der Waals surface area contributed by atoms with Crippen LogP contribution >= 0.6 is 0 Å². The number of carboxylic acids is 1. The fraction of sp³-hybridized carbons (Fsp3) is 0.867. The molecule has 0 aromatic carbocycles. The highest BCUT2D eigenvalue weighted by molar-refractivity contribution is 5.87. The molecule has 0 spiro atoms. The zero-order valence-electron chi connectivity index (χ0n) is 12.3. The number of hydrogen-bond acceptors (Lipinski definition) is 3. The molecule has 2 rings (SSSR count). The lowest BCUT2D eigenvalue weighted by molar-refractivity contribution is -0.150. The standard InChI is InChI=1S/C15H26N2O3/c1-11-5-4-8-15(9-11,13(19)20)17-12(18)10-14(16)6-2-3-7-14/h11H,2-10,16H2,1H3,(H,17,18)(H,19,20). The Morgan fingerprint density at radius 3 is 2.45 bits per heavy atom. The van der Waals surface area contributed by atoms with Crippen LogP contribution < -0.4 is 11.1 Å². The van der Waals surface area contributed by atoms with Crippen LogP contribution in [-0.4, -0.2) is 28.1 Å². The summed E-state index contributed by atoms with van der Waals surface area (Å²) < 4.78 is 0. The Morgan fingerprint density at radius 2 is 1.90 bits per heavy atom. The van der Waals surface area contributed by atoms with Gasteiger partial charge in [-0.1, -0.05) is 32.6 Å². The van der Waals surface area contributed by atoms with E-state index >= 15 is 0 Å². The normalized spacial score (nSPS) is 32.8. The molecular weight excluding hydrogens is 256 g/mol. The predicted octanol–water partition coefficient (Wildman–Crippen LogP) is 1.80. The van der Waals surface area contributed by atoms with Crippen molar-refractivity contribution in [3.8, 4) is 0 Å². The third-order valence-corrected chi connectivity index (χ3v) is 4.90. The van der Waals surface area contributed by atoms with Crippen LogP contribution in [0.4, 0.5) is 0 Å². The largest absolute Gasteiger partial charge is 0.480 e. The van der Waals surface area contributed by atoms with E-state index in [2.05, 4.69) is 5.32 Å². The quantitative estimate of drug-likeness (QED) is 0.733. The molecule has 0 aromatic heterocycles. The van der Waals surface area contributed by atoms with Crippen LogP contribution in [0.5, 0.6) is 0 Å². The number of amides is 1. The monoisotopic (exact) mass is 282 g/mol. The first-order chi connectivity index (χ1) is 9.35. The van der Waals surface area contributed by atoms with E-state index in [9.17, 15) is 14.7 Å². The van der Waals surface area contributed by atoms with Crippen LogP contribution in [0.1, 0.15) is 64.7 Å². The van der Waals surface area contributed by atoms with E-state index in [4.69, 9.17) is 5.73 Å². The molecule has 0 heterocycles. The summed E-state index contributed by atoms with van der Waals surface area (Å²) in [6.45, 7) is 2.05. The van der Waals surface area contributed by atoms with Crippen molar-refractivity contribution in [2.24, 2.45) is 11.7 Å². The lowest BCUT2D eigenvalue weighted by atomic mass is 9.76. The molecule has 2 fully saturated rings. The number of rotatable bonds is 4. The summed E-state index contributed by atoms with van der Waals surface area (Å²) in [5.41, 5.74) is 4.70. The highest BCUT2D eigenvalue weighted by Crippen LogP contribution is 2.34. The van der Waals surface area contributed by atoms with Crippen molar-refractivity contribution in [1.82, 2.24) is 5.32 Å². The van der Waals surface area contributed by atoms with Crippen LogP contribution in [-0.2, 0) is 9.59 Å². The second-order valence-electron chi connectivity index (χ2n) is 6.88. The summed E-state index contributed by atoms with van der Waals surface area (Å²) in [7, 11) is 0. The predicted molar refractivity (Wildman–Crippen MR) is 76.1 cm³/mol. The van der Waals surface area contributed by atoms with E-state index in [1.807, 2.05) is 6.92 Å². The summed E-state index contributed by atoms with van der Waals surface area (Å²) in [6, 6.07) is 0. The number of carbonyl (C=O) groups excluding carboxylic acids is 1. The fourth-order valence-corrected chi connectivity index (χ4v) is 3.80. The second kappa shape index (κ2) is 5.72. The zero-order chi connectivity index (χ0) is 14.8. The summed E-state index contributed by atoms with van der Waals surface area (Å²) in [6.07, 6.45) is 7.01. The minimum atomic E-state index is -1.08. The molecular formula is C15H26N2O3. The molecule has 0 radical (unpaired) electrons. The highest BCUT2D eigenvalue weighted by atomic mass is 16.4. The maximum atomic E-state index is 12.2. The summed E-state index contributed by atoms with van der Waals surface area (Å²) in [5, 5.41) is 12.3. The van der Waals surface area contributed by atoms with Gasteiger partial charge in [-0.05, 0) is 31.6 Å². The van der Waals surface area contributed by atoms with Gasteiger partial charge in [-0.15, -0.1) is 0 Å². The zero-order valence-corrected chi connectivity index (χ0v) is 12.3. The Hall–Kier alpha value is -1.10. The van der Waals surface area contributed by atoms with E-state index in [1.165, 1.54) is 0 Å². The van der Waals surface area contributed by atoms with Crippen molar-refractivity contribution in [2.75, 3.05) is 0 Å². The highest BCUT2D eigenvalue weighted by Gasteiger charge is 2.44. The number of carboxylic acid groups (broad SMARTS) is 1. The first-order valence-corrected chi connectivity index (χ1v) is 7.69. The molecule has 2 unspecified atom stereocenters. The summed E-state index contributed by atoms with van der Waals surface area (Å²) in [5.74, 6) is -0.778. The van der Waals surface area contributed by atoms with Gasteiger partial charge in [0.1, 0.15) is 5.54 Å². The van der Waals surface area contributed by atoms with Gasteiger partial charge in [-0.3, -0.25) is 4.79 Å². The molecule has 1 amide bonds. The Bertz CT molecular complexity index is 391. The number of aliphatic carboxylic acids is 1. The van der Waals surface area contributed by atoms with Crippen LogP contribution in [0.15, 0.2) is 0 Å². The van der Waals surface area contributed by atoms with Gasteiger partial charge in [0, 0.05) is 12.0 Å². The smallest absolute Gasteiger partial charge is 0.329 e. The molecule has 20 heavy (non-hydrogen) atoms. The lowest BCUT2D eigenvalue weighted by Crippen LogP contribution is -2.58. The molecule has 5 nitrogen and oxygen atoms in total. The molecule has 2 saturated carbocycles. The molecule has 0 bridgehead atoms. The van der Waals surface area contributed by atoms with Crippen LogP contribution in [0.25, 0.3) is 0 Å². The van der Waals surface area contributed by atoms with Gasteiger partial charge in [0.15, 0.2) is 0 Å². The summed E-state index contributed by atoms with van der Waals surface area (Å²) in [4.78, 5) is 23.9. The number of nitrogens with one attached hydrogen (secondary N) is 1. The molecule has 0 aromatic rings. The minimum absolute atomic E-state index is 0.203. The van der Waals surface area contributed by atoms with Crippen LogP contribution in [0.3, 0.4) is 0 Å². The molecule has 5 heteroatoms. The molecule has 2 aliphatic carbocycles.